The van der Waals surface area contributed by atoms with Gasteiger partial charge in [-0.25, -0.2) is 0 Å². The molecular weight excluding hydrogens is 154 g/mol. The summed E-state index contributed by atoms with van der Waals surface area (Å²) in [4.78, 5) is 10.9. The van der Waals surface area contributed by atoms with Crippen LogP contribution in [-0.2, 0) is 9.53 Å². The van der Waals surface area contributed by atoms with E-state index in [0.29, 0.717) is 18.4 Å². The summed E-state index contributed by atoms with van der Waals surface area (Å²) in [6.07, 6.45) is 3.99. The number of esters is 1. The van der Waals surface area contributed by atoms with Crippen LogP contribution in [0.2, 0.25) is 0 Å². The number of rotatable bonds is 0. The fourth-order valence-electron chi connectivity index (χ4n) is 2.10. The Morgan fingerprint density at radius 3 is 2.58 bits per heavy atom. The van der Waals surface area contributed by atoms with Crippen molar-refractivity contribution in [3.8, 4) is 0 Å². The van der Waals surface area contributed by atoms with Crippen molar-refractivity contribution in [1.29, 1.82) is 0 Å². The highest BCUT2D eigenvalue weighted by Gasteiger charge is 2.36. The van der Waals surface area contributed by atoms with Crippen molar-refractivity contribution in [3.05, 3.63) is 0 Å². The second kappa shape index (κ2) is 3.05. The first-order chi connectivity index (χ1) is 5.81. The Kier molecular flexibility index (Phi) is 2.05. The molecule has 0 saturated carbocycles. The van der Waals surface area contributed by atoms with E-state index in [2.05, 4.69) is 5.32 Å². The van der Waals surface area contributed by atoms with Gasteiger partial charge in [0.05, 0.1) is 6.61 Å². The molecule has 3 nitrogen and oxygen atoms in total. The van der Waals surface area contributed by atoms with Crippen LogP contribution in [0.1, 0.15) is 25.7 Å². The molecule has 0 bridgehead atoms. The van der Waals surface area contributed by atoms with Crippen LogP contribution in [0.25, 0.3) is 0 Å². The lowest BCUT2D eigenvalue weighted by Crippen LogP contribution is -2.42. The molecule has 68 valence electrons. The van der Waals surface area contributed by atoms with Crippen LogP contribution in [0.5, 0.6) is 0 Å². The number of carbonyl (C=O) groups excluding carboxylic acids is 1. The van der Waals surface area contributed by atoms with Gasteiger partial charge in [0.15, 0.2) is 0 Å². The zero-order valence-corrected chi connectivity index (χ0v) is 7.27. The van der Waals surface area contributed by atoms with Gasteiger partial charge in [-0.15, -0.1) is 0 Å². The average molecular weight is 169 g/mol. The summed E-state index contributed by atoms with van der Waals surface area (Å²) in [5.74, 6) is -0.0147. The molecule has 3 heteroatoms. The molecule has 1 N–H and O–H groups in total. The summed E-state index contributed by atoms with van der Waals surface area (Å²) < 4.78 is 5.10. The largest absolute Gasteiger partial charge is 0.465 e. The Balaban J connectivity index is 1.96. The standard InChI is InChI=1S/C9H15NO2/c11-8-1-2-9(7-12-8)3-5-10-6-4-9/h10H,1-7H2. The van der Waals surface area contributed by atoms with Crippen molar-refractivity contribution in [1.82, 2.24) is 5.32 Å². The van der Waals surface area contributed by atoms with Crippen LogP contribution in [0.3, 0.4) is 0 Å². The number of nitrogens with one attached hydrogen (secondary N) is 1. The van der Waals surface area contributed by atoms with Gasteiger partial charge in [-0.05, 0) is 32.4 Å². The van der Waals surface area contributed by atoms with E-state index in [1.54, 1.807) is 0 Å². The van der Waals surface area contributed by atoms with Crippen molar-refractivity contribution in [3.63, 3.8) is 0 Å². The van der Waals surface area contributed by atoms with E-state index in [0.717, 1.165) is 19.5 Å². The normalized spacial score (nSPS) is 28.5. The minimum absolute atomic E-state index is 0.0147. The van der Waals surface area contributed by atoms with E-state index in [4.69, 9.17) is 4.74 Å². The molecular formula is C9H15NO2. The van der Waals surface area contributed by atoms with Gasteiger partial charge >= 0.3 is 5.97 Å². The van der Waals surface area contributed by atoms with Crippen LogP contribution in [0.4, 0.5) is 0 Å². The van der Waals surface area contributed by atoms with Crippen molar-refractivity contribution in [2.75, 3.05) is 19.7 Å². The third kappa shape index (κ3) is 1.46. The minimum Gasteiger partial charge on any atom is -0.465 e. The molecule has 0 radical (unpaired) electrons. The van der Waals surface area contributed by atoms with Gasteiger partial charge in [0.25, 0.3) is 0 Å². The molecule has 2 saturated heterocycles. The molecule has 0 aromatic heterocycles. The van der Waals surface area contributed by atoms with E-state index in [9.17, 15) is 4.79 Å². The molecule has 2 aliphatic heterocycles. The summed E-state index contributed by atoms with van der Waals surface area (Å²) in [6, 6.07) is 0. The van der Waals surface area contributed by atoms with Crippen LogP contribution in [0, 0.1) is 5.41 Å². The molecule has 2 rings (SSSR count). The first-order valence-electron chi connectivity index (χ1n) is 4.67. The molecule has 12 heavy (non-hydrogen) atoms. The predicted octanol–water partition coefficient (Wildman–Crippen LogP) is 0.693. The lowest BCUT2D eigenvalue weighted by atomic mass is 9.75. The first kappa shape index (κ1) is 8.05. The van der Waals surface area contributed by atoms with E-state index < -0.39 is 0 Å². The average Bonchev–Trinajstić information content (AvgIpc) is 2.13. The van der Waals surface area contributed by atoms with E-state index in [1.165, 1.54) is 12.8 Å². The van der Waals surface area contributed by atoms with Crippen LogP contribution >= 0.6 is 0 Å². The molecule has 2 aliphatic rings. The van der Waals surface area contributed by atoms with Crippen molar-refractivity contribution in [2.24, 2.45) is 5.41 Å². The summed E-state index contributed by atoms with van der Waals surface area (Å²) in [7, 11) is 0. The van der Waals surface area contributed by atoms with Crippen molar-refractivity contribution >= 4 is 5.97 Å². The summed E-state index contributed by atoms with van der Waals surface area (Å²) in [5.41, 5.74) is 0.332. The Bertz CT molecular complexity index is 173. The van der Waals surface area contributed by atoms with Gasteiger partial charge in [0.2, 0.25) is 0 Å². The lowest BCUT2D eigenvalue weighted by molar-refractivity contribution is -0.155. The molecule has 0 unspecified atom stereocenters. The van der Waals surface area contributed by atoms with Gasteiger partial charge in [-0.2, -0.15) is 0 Å². The smallest absolute Gasteiger partial charge is 0.305 e. The lowest BCUT2D eigenvalue weighted by Gasteiger charge is -2.39. The van der Waals surface area contributed by atoms with Crippen LogP contribution in [0.15, 0.2) is 0 Å². The van der Waals surface area contributed by atoms with E-state index >= 15 is 0 Å². The number of piperidine rings is 1. The fraction of sp³-hybridized carbons (Fsp3) is 0.889. The SMILES string of the molecule is O=C1CCC2(CCNCC2)CO1. The highest BCUT2D eigenvalue weighted by Crippen LogP contribution is 2.37. The number of ether oxygens (including phenoxy) is 1. The topological polar surface area (TPSA) is 38.3 Å². The van der Waals surface area contributed by atoms with E-state index in [1.807, 2.05) is 0 Å². The number of cyclic esters (lactones) is 1. The third-order valence-electron chi connectivity index (χ3n) is 3.06. The third-order valence-corrected chi connectivity index (χ3v) is 3.06. The minimum atomic E-state index is -0.0147. The Morgan fingerprint density at radius 1 is 1.25 bits per heavy atom. The molecule has 0 atom stereocenters. The second-order valence-electron chi connectivity index (χ2n) is 3.91. The predicted molar refractivity (Wildman–Crippen MR) is 44.7 cm³/mol. The maximum atomic E-state index is 10.9. The van der Waals surface area contributed by atoms with Gasteiger partial charge in [-0.1, -0.05) is 0 Å². The molecule has 0 amide bonds. The molecule has 0 aliphatic carbocycles. The van der Waals surface area contributed by atoms with Gasteiger partial charge < -0.3 is 10.1 Å². The zero-order chi connectivity index (χ0) is 8.44. The number of hydrogen-bond donors (Lipinski definition) is 1. The fourth-order valence-corrected chi connectivity index (χ4v) is 2.10. The van der Waals surface area contributed by atoms with Crippen LogP contribution < -0.4 is 5.32 Å². The zero-order valence-electron chi connectivity index (χ0n) is 7.27. The molecule has 2 heterocycles. The highest BCUT2D eigenvalue weighted by molar-refractivity contribution is 5.70. The maximum Gasteiger partial charge on any atom is 0.305 e. The molecule has 0 aromatic rings. The first-order valence-corrected chi connectivity index (χ1v) is 4.67. The Labute approximate surface area is 72.5 Å². The van der Waals surface area contributed by atoms with Gasteiger partial charge in [0, 0.05) is 11.8 Å². The van der Waals surface area contributed by atoms with E-state index in [-0.39, 0.29) is 5.97 Å². The molecule has 0 aromatic carbocycles. The van der Waals surface area contributed by atoms with Crippen molar-refractivity contribution in [2.45, 2.75) is 25.7 Å². The molecule has 1 spiro atoms. The Hall–Kier alpha value is -0.570. The number of hydrogen-bond acceptors (Lipinski definition) is 3. The Morgan fingerprint density at radius 2 is 2.00 bits per heavy atom. The van der Waals surface area contributed by atoms with Gasteiger partial charge in [-0.3, -0.25) is 4.79 Å². The summed E-state index contributed by atoms with van der Waals surface area (Å²) in [5, 5.41) is 3.33. The number of carbonyl (C=O) groups is 1. The van der Waals surface area contributed by atoms with Crippen LogP contribution in [-0.4, -0.2) is 25.7 Å². The van der Waals surface area contributed by atoms with Crippen molar-refractivity contribution < 1.29 is 9.53 Å². The maximum absolute atomic E-state index is 10.9. The molecule has 2 fully saturated rings. The second-order valence-corrected chi connectivity index (χ2v) is 3.91. The van der Waals surface area contributed by atoms with Gasteiger partial charge in [0.1, 0.15) is 0 Å². The quantitative estimate of drug-likeness (QED) is 0.542. The highest BCUT2D eigenvalue weighted by atomic mass is 16.5. The summed E-state index contributed by atoms with van der Waals surface area (Å²) >= 11 is 0. The monoisotopic (exact) mass is 169 g/mol. The summed E-state index contributed by atoms with van der Waals surface area (Å²) in [6.45, 7) is 2.82.